The van der Waals surface area contributed by atoms with Crippen LogP contribution in [-0.4, -0.2) is 0 Å². The molecule has 0 bridgehead atoms. The number of hydrogen-bond donors (Lipinski definition) is 1. The molecule has 1 N–H and O–H groups in total. The Bertz CT molecular complexity index is 628. The molecule has 2 aromatic rings. The zero-order valence-corrected chi connectivity index (χ0v) is 14.0. The van der Waals surface area contributed by atoms with Crippen molar-refractivity contribution in [2.45, 2.75) is 18.9 Å². The van der Waals surface area contributed by atoms with Crippen LogP contribution < -0.4 is 5.32 Å². The number of rotatable bonds is 2. The fourth-order valence-corrected chi connectivity index (χ4v) is 3.62. The first kappa shape index (κ1) is 13.5. The molecule has 2 aromatic carbocycles. The van der Waals surface area contributed by atoms with Crippen molar-refractivity contribution in [1.82, 2.24) is 0 Å². The van der Waals surface area contributed by atoms with Gasteiger partial charge in [-0.15, -0.1) is 0 Å². The van der Waals surface area contributed by atoms with Gasteiger partial charge in [0.1, 0.15) is 0 Å². The number of benzene rings is 2. The second-order valence-corrected chi connectivity index (χ2v) is 6.79. The van der Waals surface area contributed by atoms with Crippen molar-refractivity contribution in [1.29, 1.82) is 0 Å². The molecular formula is C15H12Br2ClN. The van der Waals surface area contributed by atoms with Gasteiger partial charge in [0.2, 0.25) is 0 Å². The molecule has 1 aliphatic rings. The van der Waals surface area contributed by atoms with Crippen LogP contribution in [-0.2, 0) is 6.42 Å². The third-order valence-electron chi connectivity index (χ3n) is 3.47. The smallest absolute Gasteiger partial charge is 0.0549 e. The van der Waals surface area contributed by atoms with Gasteiger partial charge >= 0.3 is 0 Å². The molecule has 4 heteroatoms. The first-order valence-electron chi connectivity index (χ1n) is 6.14. The van der Waals surface area contributed by atoms with Crippen LogP contribution in [0.1, 0.15) is 23.6 Å². The number of fused-ring (bicyclic) bond motifs is 1. The van der Waals surface area contributed by atoms with Gasteiger partial charge < -0.3 is 5.32 Å². The molecule has 98 valence electrons. The molecule has 19 heavy (non-hydrogen) atoms. The van der Waals surface area contributed by atoms with Crippen LogP contribution in [0.25, 0.3) is 0 Å². The average Bonchev–Trinajstić information content (AvgIpc) is 2.79. The fraction of sp³-hybridized carbons (Fsp3) is 0.200. The number of hydrogen-bond acceptors (Lipinski definition) is 1. The van der Waals surface area contributed by atoms with E-state index in [1.165, 1.54) is 15.6 Å². The lowest BCUT2D eigenvalue weighted by molar-refractivity contribution is 0.762. The molecule has 1 atom stereocenters. The topological polar surface area (TPSA) is 12.0 Å². The Hall–Kier alpha value is -0.510. The lowest BCUT2D eigenvalue weighted by atomic mass is 10.1. The van der Waals surface area contributed by atoms with Crippen LogP contribution >= 0.6 is 43.5 Å². The highest BCUT2D eigenvalue weighted by atomic mass is 79.9. The predicted octanol–water partition coefficient (Wildman–Crippen LogP) is 5.96. The lowest BCUT2D eigenvalue weighted by Crippen LogP contribution is -2.06. The standard InChI is InChI=1S/C15H12Br2ClN/c16-12-3-1-2-11-10(12)5-7-15(11)19-9-4-6-14(18)13(17)8-9/h1-4,6,8,15,19H,5,7H2. The third kappa shape index (κ3) is 2.69. The van der Waals surface area contributed by atoms with Gasteiger partial charge in [-0.05, 0) is 64.2 Å². The van der Waals surface area contributed by atoms with Gasteiger partial charge in [0.15, 0.2) is 0 Å². The summed E-state index contributed by atoms with van der Waals surface area (Å²) < 4.78 is 2.14. The predicted molar refractivity (Wildman–Crippen MR) is 88.0 cm³/mol. The van der Waals surface area contributed by atoms with E-state index in [-0.39, 0.29) is 0 Å². The van der Waals surface area contributed by atoms with Gasteiger partial charge in [-0.3, -0.25) is 0 Å². The molecule has 0 radical (unpaired) electrons. The highest BCUT2D eigenvalue weighted by molar-refractivity contribution is 9.10. The zero-order valence-electron chi connectivity index (χ0n) is 10.1. The van der Waals surface area contributed by atoms with E-state index in [2.05, 4.69) is 55.4 Å². The van der Waals surface area contributed by atoms with E-state index in [0.717, 1.165) is 28.0 Å². The van der Waals surface area contributed by atoms with E-state index in [1.54, 1.807) is 0 Å². The Morgan fingerprint density at radius 1 is 1.11 bits per heavy atom. The fourth-order valence-electron chi connectivity index (χ4n) is 2.55. The van der Waals surface area contributed by atoms with Gasteiger partial charge in [-0.2, -0.15) is 0 Å². The first-order chi connectivity index (χ1) is 9.15. The van der Waals surface area contributed by atoms with E-state index >= 15 is 0 Å². The summed E-state index contributed by atoms with van der Waals surface area (Å²) in [6, 6.07) is 12.7. The summed E-state index contributed by atoms with van der Waals surface area (Å²) in [4.78, 5) is 0. The van der Waals surface area contributed by atoms with Crippen molar-refractivity contribution in [3.8, 4) is 0 Å². The molecule has 0 saturated heterocycles. The molecule has 0 aliphatic heterocycles. The van der Waals surface area contributed by atoms with Crippen molar-refractivity contribution in [2.24, 2.45) is 0 Å². The highest BCUT2D eigenvalue weighted by Crippen LogP contribution is 2.38. The third-order valence-corrected chi connectivity index (χ3v) is 5.43. The Balaban J connectivity index is 1.86. The van der Waals surface area contributed by atoms with Crippen molar-refractivity contribution >= 4 is 49.1 Å². The first-order valence-corrected chi connectivity index (χ1v) is 8.10. The number of anilines is 1. The van der Waals surface area contributed by atoms with E-state index in [1.807, 2.05) is 18.2 Å². The minimum atomic E-state index is 0.376. The van der Waals surface area contributed by atoms with Gasteiger partial charge in [0.25, 0.3) is 0 Å². The molecule has 0 spiro atoms. The van der Waals surface area contributed by atoms with E-state index in [9.17, 15) is 0 Å². The van der Waals surface area contributed by atoms with Crippen LogP contribution in [0.5, 0.6) is 0 Å². The van der Waals surface area contributed by atoms with Crippen LogP contribution in [0, 0.1) is 0 Å². The quantitative estimate of drug-likeness (QED) is 0.654. The molecule has 1 aliphatic carbocycles. The van der Waals surface area contributed by atoms with Crippen molar-refractivity contribution in [3.63, 3.8) is 0 Å². The summed E-state index contributed by atoms with van der Waals surface area (Å²) >= 11 is 13.1. The maximum atomic E-state index is 6.02. The maximum absolute atomic E-state index is 6.02. The zero-order chi connectivity index (χ0) is 13.4. The van der Waals surface area contributed by atoms with E-state index < -0.39 is 0 Å². The SMILES string of the molecule is Clc1ccc(NC2CCc3c(Br)cccc32)cc1Br. The van der Waals surface area contributed by atoms with Crippen LogP contribution in [0.3, 0.4) is 0 Å². The van der Waals surface area contributed by atoms with Crippen molar-refractivity contribution in [2.75, 3.05) is 5.32 Å². The second kappa shape index (κ2) is 5.47. The minimum Gasteiger partial charge on any atom is -0.378 e. The lowest BCUT2D eigenvalue weighted by Gasteiger charge is -2.16. The minimum absolute atomic E-state index is 0.376. The Morgan fingerprint density at radius 2 is 1.95 bits per heavy atom. The highest BCUT2D eigenvalue weighted by Gasteiger charge is 2.23. The molecular weight excluding hydrogens is 389 g/mol. The summed E-state index contributed by atoms with van der Waals surface area (Å²) in [6.07, 6.45) is 2.24. The second-order valence-electron chi connectivity index (χ2n) is 4.67. The monoisotopic (exact) mass is 399 g/mol. The van der Waals surface area contributed by atoms with E-state index in [0.29, 0.717) is 6.04 Å². The molecule has 0 fully saturated rings. The molecule has 3 rings (SSSR count). The molecule has 0 amide bonds. The summed E-state index contributed by atoms with van der Waals surface area (Å²) in [5.74, 6) is 0. The summed E-state index contributed by atoms with van der Waals surface area (Å²) in [6.45, 7) is 0. The molecule has 0 aromatic heterocycles. The average molecular weight is 402 g/mol. The Morgan fingerprint density at radius 3 is 2.74 bits per heavy atom. The van der Waals surface area contributed by atoms with Crippen LogP contribution in [0.15, 0.2) is 45.3 Å². The molecule has 1 nitrogen and oxygen atoms in total. The van der Waals surface area contributed by atoms with Crippen LogP contribution in [0.4, 0.5) is 5.69 Å². The maximum Gasteiger partial charge on any atom is 0.0549 e. The van der Waals surface area contributed by atoms with Gasteiger partial charge in [0, 0.05) is 14.6 Å². The normalized spacial score (nSPS) is 17.3. The number of nitrogens with one attached hydrogen (secondary N) is 1. The molecule has 0 heterocycles. The molecule has 1 unspecified atom stereocenters. The largest absolute Gasteiger partial charge is 0.378 e. The summed E-state index contributed by atoms with van der Waals surface area (Å²) in [5, 5.41) is 4.32. The summed E-state index contributed by atoms with van der Waals surface area (Å²) in [5.41, 5.74) is 3.91. The molecule has 0 saturated carbocycles. The number of halogens is 3. The van der Waals surface area contributed by atoms with Crippen LogP contribution in [0.2, 0.25) is 5.02 Å². The Labute approximate surface area is 134 Å². The van der Waals surface area contributed by atoms with Gasteiger partial charge in [-0.1, -0.05) is 39.7 Å². The van der Waals surface area contributed by atoms with Gasteiger partial charge in [0.05, 0.1) is 11.1 Å². The van der Waals surface area contributed by atoms with Crippen molar-refractivity contribution in [3.05, 3.63) is 61.5 Å². The summed E-state index contributed by atoms with van der Waals surface area (Å²) in [7, 11) is 0. The van der Waals surface area contributed by atoms with Crippen molar-refractivity contribution < 1.29 is 0 Å². The van der Waals surface area contributed by atoms with Gasteiger partial charge in [-0.25, -0.2) is 0 Å². The van der Waals surface area contributed by atoms with E-state index in [4.69, 9.17) is 11.6 Å². The Kier molecular flexibility index (Phi) is 3.88.